The van der Waals surface area contributed by atoms with Gasteiger partial charge < -0.3 is 9.32 Å². The molecule has 130 valence electrons. The second-order valence-corrected chi connectivity index (χ2v) is 8.88. The third-order valence-electron chi connectivity index (χ3n) is 4.87. The molecular formula is C16H20FN3O3S. The number of nitrogens with zero attached hydrogens (tertiary/aromatic N) is 3. The summed E-state index contributed by atoms with van der Waals surface area (Å²) in [4.78, 5) is 6.35. The quantitative estimate of drug-likeness (QED) is 0.844. The number of likely N-dealkylation sites (N-methyl/N-ethyl adjacent to an activating group) is 1. The Bertz CT molecular complexity index is 863. The Morgan fingerprint density at radius 3 is 2.88 bits per heavy atom. The van der Waals surface area contributed by atoms with Crippen molar-refractivity contribution in [3.63, 3.8) is 0 Å². The van der Waals surface area contributed by atoms with E-state index in [4.69, 9.17) is 4.42 Å². The third-order valence-corrected chi connectivity index (χ3v) is 7.28. The van der Waals surface area contributed by atoms with Crippen LogP contribution in [-0.2, 0) is 10.0 Å². The molecule has 8 heteroatoms. The average Bonchev–Trinajstić information content (AvgIpc) is 3.35. The fourth-order valence-electron chi connectivity index (χ4n) is 3.26. The number of piperidine rings is 1. The number of sulfonamides is 1. The molecule has 0 amide bonds. The highest BCUT2D eigenvalue weighted by atomic mass is 32.2. The summed E-state index contributed by atoms with van der Waals surface area (Å²) in [5.41, 5.74) is 1.01. The van der Waals surface area contributed by atoms with Crippen LogP contribution in [0, 0.1) is 5.82 Å². The van der Waals surface area contributed by atoms with E-state index < -0.39 is 10.0 Å². The van der Waals surface area contributed by atoms with E-state index in [0.717, 1.165) is 32.2 Å². The predicted octanol–water partition coefficient (Wildman–Crippen LogP) is 2.36. The fourth-order valence-corrected chi connectivity index (χ4v) is 5.05. The van der Waals surface area contributed by atoms with Crippen molar-refractivity contribution < 1.29 is 17.2 Å². The summed E-state index contributed by atoms with van der Waals surface area (Å²) in [5.74, 6) is -0.364. The number of rotatable bonds is 4. The van der Waals surface area contributed by atoms with Gasteiger partial charge in [0.25, 0.3) is 6.01 Å². The van der Waals surface area contributed by atoms with Gasteiger partial charge in [0.2, 0.25) is 10.0 Å². The minimum absolute atomic E-state index is 0.0869. The summed E-state index contributed by atoms with van der Waals surface area (Å²) in [6.45, 7) is 1.29. The van der Waals surface area contributed by atoms with E-state index in [-0.39, 0.29) is 17.1 Å². The van der Waals surface area contributed by atoms with Crippen molar-refractivity contribution >= 4 is 27.1 Å². The van der Waals surface area contributed by atoms with Crippen LogP contribution in [-0.4, -0.2) is 49.1 Å². The lowest BCUT2D eigenvalue weighted by Gasteiger charge is -2.36. The summed E-state index contributed by atoms with van der Waals surface area (Å²) >= 11 is 0. The minimum atomic E-state index is -3.20. The van der Waals surface area contributed by atoms with Crippen LogP contribution in [0.5, 0.6) is 0 Å². The second-order valence-electron chi connectivity index (χ2n) is 6.61. The highest BCUT2D eigenvalue weighted by molar-refractivity contribution is 7.90. The molecule has 1 aliphatic heterocycles. The maximum Gasteiger partial charge on any atom is 0.298 e. The van der Waals surface area contributed by atoms with Crippen LogP contribution in [0.4, 0.5) is 10.4 Å². The molecule has 2 aliphatic rings. The molecule has 4 rings (SSSR count). The van der Waals surface area contributed by atoms with Gasteiger partial charge in [-0.05, 0) is 37.8 Å². The molecule has 0 bridgehead atoms. The number of halogens is 1. The van der Waals surface area contributed by atoms with Gasteiger partial charge in [0.1, 0.15) is 11.3 Å². The van der Waals surface area contributed by atoms with Gasteiger partial charge in [-0.15, -0.1) is 0 Å². The van der Waals surface area contributed by atoms with E-state index in [9.17, 15) is 12.8 Å². The van der Waals surface area contributed by atoms with E-state index in [1.165, 1.54) is 16.4 Å². The molecular weight excluding hydrogens is 333 g/mol. The minimum Gasteiger partial charge on any atom is -0.423 e. The van der Waals surface area contributed by atoms with E-state index in [1.807, 2.05) is 4.90 Å². The topological polar surface area (TPSA) is 66.7 Å². The number of fused-ring (bicyclic) bond motifs is 1. The Morgan fingerprint density at radius 1 is 1.33 bits per heavy atom. The van der Waals surface area contributed by atoms with Crippen LogP contribution < -0.4 is 4.90 Å². The Morgan fingerprint density at radius 2 is 2.12 bits per heavy atom. The fraction of sp³-hybridized carbons (Fsp3) is 0.562. The molecule has 0 N–H and O–H groups in total. The highest BCUT2D eigenvalue weighted by Crippen LogP contribution is 2.33. The molecule has 1 atom stereocenters. The van der Waals surface area contributed by atoms with E-state index >= 15 is 0 Å². The first-order valence-electron chi connectivity index (χ1n) is 8.23. The van der Waals surface area contributed by atoms with E-state index in [2.05, 4.69) is 4.98 Å². The SMILES string of the molecule is CN(C1CCCN(c2nc3ccc(F)cc3o2)C1)S(=O)(=O)C1CC1. The molecule has 2 aromatic rings. The second kappa shape index (κ2) is 5.70. The summed E-state index contributed by atoms with van der Waals surface area (Å²) < 4.78 is 45.4. The average molecular weight is 353 g/mol. The lowest BCUT2D eigenvalue weighted by molar-refractivity contribution is 0.313. The molecule has 2 heterocycles. The van der Waals surface area contributed by atoms with Crippen molar-refractivity contribution in [3.8, 4) is 0 Å². The molecule has 0 radical (unpaired) electrons. The van der Waals surface area contributed by atoms with Crippen LogP contribution in [0.2, 0.25) is 0 Å². The molecule has 24 heavy (non-hydrogen) atoms. The van der Waals surface area contributed by atoms with Crippen LogP contribution in [0.1, 0.15) is 25.7 Å². The van der Waals surface area contributed by atoms with Gasteiger partial charge in [0.05, 0.1) is 5.25 Å². The van der Waals surface area contributed by atoms with Crippen LogP contribution >= 0.6 is 0 Å². The Labute approximate surface area is 140 Å². The normalized spacial score (nSPS) is 22.5. The third kappa shape index (κ3) is 2.77. The Hall–Kier alpha value is -1.67. The Balaban J connectivity index is 1.55. The first-order chi connectivity index (χ1) is 11.4. The van der Waals surface area contributed by atoms with Crippen molar-refractivity contribution in [2.75, 3.05) is 25.0 Å². The van der Waals surface area contributed by atoms with Gasteiger partial charge in [-0.25, -0.2) is 12.8 Å². The largest absolute Gasteiger partial charge is 0.423 e. The molecule has 1 aromatic heterocycles. The summed E-state index contributed by atoms with van der Waals surface area (Å²) in [5, 5.41) is -0.204. The van der Waals surface area contributed by atoms with Crippen molar-refractivity contribution in [2.24, 2.45) is 0 Å². The van der Waals surface area contributed by atoms with Gasteiger partial charge in [-0.3, -0.25) is 0 Å². The lowest BCUT2D eigenvalue weighted by Crippen LogP contribution is -2.49. The molecule has 2 fully saturated rings. The van der Waals surface area contributed by atoms with Gasteiger partial charge in [0.15, 0.2) is 5.58 Å². The first kappa shape index (κ1) is 15.8. The van der Waals surface area contributed by atoms with Crippen LogP contribution in [0.25, 0.3) is 11.1 Å². The maximum absolute atomic E-state index is 13.3. The lowest BCUT2D eigenvalue weighted by atomic mass is 10.1. The number of hydrogen-bond acceptors (Lipinski definition) is 5. The zero-order chi connectivity index (χ0) is 16.9. The van der Waals surface area contributed by atoms with Crippen molar-refractivity contribution in [2.45, 2.75) is 37.0 Å². The predicted molar refractivity (Wildman–Crippen MR) is 88.9 cm³/mol. The van der Waals surface area contributed by atoms with Gasteiger partial charge in [0, 0.05) is 32.2 Å². The monoisotopic (exact) mass is 353 g/mol. The molecule has 6 nitrogen and oxygen atoms in total. The van der Waals surface area contributed by atoms with E-state index in [1.54, 1.807) is 13.1 Å². The number of aromatic nitrogens is 1. The van der Waals surface area contributed by atoms with E-state index in [0.29, 0.717) is 23.7 Å². The molecule has 1 saturated carbocycles. The molecule has 1 saturated heterocycles. The summed E-state index contributed by atoms with van der Waals surface area (Å²) in [7, 11) is -1.53. The molecule has 1 aromatic carbocycles. The van der Waals surface area contributed by atoms with Gasteiger partial charge >= 0.3 is 0 Å². The summed E-state index contributed by atoms with van der Waals surface area (Å²) in [6, 6.07) is 4.59. The number of benzene rings is 1. The van der Waals surface area contributed by atoms with Gasteiger partial charge in [-0.1, -0.05) is 0 Å². The first-order valence-corrected chi connectivity index (χ1v) is 9.73. The highest BCUT2D eigenvalue weighted by Gasteiger charge is 2.42. The zero-order valence-corrected chi connectivity index (χ0v) is 14.3. The maximum atomic E-state index is 13.3. The van der Waals surface area contributed by atoms with Crippen molar-refractivity contribution in [1.29, 1.82) is 0 Å². The molecule has 1 aliphatic carbocycles. The van der Waals surface area contributed by atoms with Crippen molar-refractivity contribution in [1.82, 2.24) is 9.29 Å². The van der Waals surface area contributed by atoms with Crippen LogP contribution in [0.3, 0.4) is 0 Å². The van der Waals surface area contributed by atoms with Gasteiger partial charge in [-0.2, -0.15) is 9.29 Å². The van der Waals surface area contributed by atoms with Crippen LogP contribution in [0.15, 0.2) is 22.6 Å². The Kier molecular flexibility index (Phi) is 3.76. The number of oxazole rings is 1. The molecule has 0 spiro atoms. The standard InChI is InChI=1S/C16H20FN3O3S/c1-19(24(21,22)13-5-6-13)12-3-2-8-20(10-12)16-18-14-7-4-11(17)9-15(14)23-16/h4,7,9,12-13H,2-3,5-6,8,10H2,1H3. The molecule has 1 unspecified atom stereocenters. The number of anilines is 1. The smallest absolute Gasteiger partial charge is 0.298 e. The summed E-state index contributed by atoms with van der Waals surface area (Å²) in [6.07, 6.45) is 3.22. The number of hydrogen-bond donors (Lipinski definition) is 0. The van der Waals surface area contributed by atoms with Crippen molar-refractivity contribution in [3.05, 3.63) is 24.0 Å². The zero-order valence-electron chi connectivity index (χ0n) is 13.5.